The number of Topliss-reactive ketones (excluding diaryl/α,β-unsaturated/α-hetero) is 2. The highest BCUT2D eigenvalue weighted by Gasteiger charge is 2.42. The average Bonchev–Trinajstić information content (AvgIpc) is 3.59. The summed E-state index contributed by atoms with van der Waals surface area (Å²) in [5.74, 6) is 0.195. The van der Waals surface area contributed by atoms with E-state index in [4.69, 9.17) is 79.1 Å². The van der Waals surface area contributed by atoms with Crippen LogP contribution < -0.4 is 28.7 Å². The van der Waals surface area contributed by atoms with Crippen LogP contribution in [0.3, 0.4) is 0 Å². The first kappa shape index (κ1) is 52.4. The van der Waals surface area contributed by atoms with Crippen LogP contribution in [0.5, 0.6) is 11.5 Å². The van der Waals surface area contributed by atoms with Crippen molar-refractivity contribution in [2.45, 2.75) is 37.1 Å². The van der Waals surface area contributed by atoms with Gasteiger partial charge >= 0.3 is 0 Å². The number of benzene rings is 4. The van der Waals surface area contributed by atoms with Gasteiger partial charge in [-0.3, -0.25) is 9.59 Å². The Morgan fingerprint density at radius 3 is 1.75 bits per heavy atom. The molecule has 13 nitrogen and oxygen atoms in total. The van der Waals surface area contributed by atoms with E-state index in [1.165, 1.54) is 0 Å². The lowest BCUT2D eigenvalue weighted by atomic mass is 9.61. The summed E-state index contributed by atoms with van der Waals surface area (Å²) in [4.78, 5) is 29.0. The fourth-order valence-corrected chi connectivity index (χ4v) is 10.5. The molecule has 4 aromatic carbocycles. The van der Waals surface area contributed by atoms with E-state index in [1.807, 2.05) is 44.2 Å². The maximum atomic E-state index is 12.9. The summed E-state index contributed by atoms with van der Waals surface area (Å²) in [6.07, 6.45) is 2.20. The number of nitrogens with one attached hydrogen (secondary N) is 2. The zero-order valence-electron chi connectivity index (χ0n) is 36.0. The van der Waals surface area contributed by atoms with E-state index in [-0.39, 0.29) is 94.0 Å². The Hall–Kier alpha value is -3.53. The first-order chi connectivity index (χ1) is 30.4. The van der Waals surface area contributed by atoms with E-state index in [0.717, 1.165) is 18.1 Å². The van der Waals surface area contributed by atoms with Gasteiger partial charge in [0.25, 0.3) is 0 Å². The summed E-state index contributed by atoms with van der Waals surface area (Å²) in [5.41, 5.74) is 2.01. The van der Waals surface area contributed by atoms with Crippen molar-refractivity contribution < 1.29 is 35.9 Å². The Labute approximate surface area is 410 Å². The van der Waals surface area contributed by atoms with Crippen molar-refractivity contribution in [1.29, 1.82) is 5.26 Å². The number of likely N-dealkylation sites (N-methyl/N-ethyl adjacent to an activating group) is 1. The molecule has 4 aromatic rings. The number of halogens is 6. The highest BCUT2D eigenvalue weighted by molar-refractivity contribution is 7.89. The van der Waals surface area contributed by atoms with Crippen molar-refractivity contribution in [2.75, 3.05) is 80.5 Å². The lowest BCUT2D eigenvalue weighted by Gasteiger charge is -2.42. The molecule has 0 spiro atoms. The zero-order chi connectivity index (χ0) is 48.1. The molecule has 2 N–H and O–H groups in total. The van der Waals surface area contributed by atoms with Gasteiger partial charge < -0.3 is 19.3 Å². The minimum atomic E-state index is -3.63. The van der Waals surface area contributed by atoms with Gasteiger partial charge in [0.05, 0.1) is 81.3 Å². The summed E-state index contributed by atoms with van der Waals surface area (Å²) in [6, 6.07) is 21.2. The van der Waals surface area contributed by atoms with Gasteiger partial charge in [-0.05, 0) is 77.2 Å². The fraction of sp³-hybridized carbons (Fsp3) is 0.386. The molecule has 0 bridgehead atoms. The zero-order valence-corrected chi connectivity index (χ0v) is 42.2. The topological polar surface area (TPSA) is 175 Å². The normalized spacial score (nSPS) is 16.1. The molecule has 0 aromatic heterocycles. The number of ether oxygens (including phenoxy) is 2. The molecule has 1 aliphatic rings. The van der Waals surface area contributed by atoms with Crippen LogP contribution >= 0.6 is 69.6 Å². The van der Waals surface area contributed by atoms with Gasteiger partial charge in [-0.2, -0.15) is 5.26 Å². The van der Waals surface area contributed by atoms with E-state index in [9.17, 15) is 31.7 Å². The second kappa shape index (κ2) is 21.6. The van der Waals surface area contributed by atoms with Crippen molar-refractivity contribution in [3.05, 3.63) is 115 Å². The van der Waals surface area contributed by atoms with Crippen LogP contribution in [0.2, 0.25) is 20.1 Å². The standard InChI is InChI=1S/C44H47Cl6N5O8S2/c1-43(30-17-34(47)41(35(48)18-30)62-14-12-45,28-6-9-32(10-7-28)55-24-38(40(57)25-55)53-65(5,60)61)26-44(2,31-19-36(49)42(37(50)20-31)63-15-13-46)29-8-11-39(27(16-29)21-51)54(3)23-33(56)22-52-64(4,58)59/h6-11,16-20,38,52-53H,12-15,22-26H2,1-5H3. The number of nitriles is 1. The third-order valence-electron chi connectivity index (χ3n) is 11.1. The Bertz CT molecular complexity index is 2660. The Morgan fingerprint density at radius 2 is 1.29 bits per heavy atom. The highest BCUT2D eigenvalue weighted by Crippen LogP contribution is 2.51. The summed E-state index contributed by atoms with van der Waals surface area (Å²) < 4.78 is 63.5. The molecule has 3 atom stereocenters. The number of anilines is 2. The molecule has 65 heavy (non-hydrogen) atoms. The van der Waals surface area contributed by atoms with Crippen molar-refractivity contribution in [1.82, 2.24) is 9.44 Å². The van der Waals surface area contributed by atoms with Crippen LogP contribution in [0.4, 0.5) is 11.4 Å². The molecular weight excluding hydrogens is 1000 g/mol. The maximum Gasteiger partial charge on any atom is 0.209 e. The van der Waals surface area contributed by atoms with Gasteiger partial charge in [0.2, 0.25) is 20.0 Å². The highest BCUT2D eigenvalue weighted by atomic mass is 35.5. The van der Waals surface area contributed by atoms with E-state index < -0.39 is 49.2 Å². The van der Waals surface area contributed by atoms with E-state index in [1.54, 1.807) is 53.2 Å². The molecule has 0 radical (unpaired) electrons. The van der Waals surface area contributed by atoms with Gasteiger partial charge in [-0.1, -0.05) is 78.5 Å². The molecule has 1 fully saturated rings. The van der Waals surface area contributed by atoms with Crippen molar-refractivity contribution in [3.63, 3.8) is 0 Å². The van der Waals surface area contributed by atoms with Gasteiger partial charge in [-0.15, -0.1) is 23.2 Å². The number of hydrogen-bond donors (Lipinski definition) is 2. The van der Waals surface area contributed by atoms with Crippen LogP contribution in [0.15, 0.2) is 66.7 Å². The second-order valence-corrected chi connectivity index (χ2v) is 22.1. The number of nitrogens with zero attached hydrogens (tertiary/aromatic N) is 3. The second-order valence-electron chi connectivity index (χ2n) is 16.1. The van der Waals surface area contributed by atoms with Crippen LogP contribution in [0.25, 0.3) is 0 Å². The van der Waals surface area contributed by atoms with Crippen molar-refractivity contribution in [3.8, 4) is 17.6 Å². The first-order valence-corrected chi connectivity index (χ1v) is 26.2. The third-order valence-corrected chi connectivity index (χ3v) is 13.9. The SMILES string of the molecule is CN(CC(=O)CNS(C)(=O)=O)c1ccc(C(C)(CC(C)(c2ccc(N3CC(=O)C(NS(C)(=O)=O)C3)cc2)c2cc(Cl)c(OCCCl)c(Cl)c2)c2cc(Cl)c(OCCCl)c(Cl)c2)cc1C#N. The molecule has 1 saturated heterocycles. The summed E-state index contributed by atoms with van der Waals surface area (Å²) in [6.45, 7) is 3.82. The minimum Gasteiger partial charge on any atom is -0.489 e. The average molecular weight is 1050 g/mol. The predicted molar refractivity (Wildman–Crippen MR) is 261 cm³/mol. The molecule has 0 amide bonds. The van der Waals surface area contributed by atoms with Gasteiger partial charge in [-0.25, -0.2) is 26.3 Å². The molecule has 5 rings (SSSR count). The fourth-order valence-electron chi connectivity index (χ4n) is 7.96. The van der Waals surface area contributed by atoms with Gasteiger partial charge in [0, 0.05) is 30.1 Å². The molecule has 1 aliphatic heterocycles. The number of carbonyl (C=O) groups is 2. The number of carbonyl (C=O) groups excluding carboxylic acids is 2. The molecule has 0 aliphatic carbocycles. The number of hydrogen-bond acceptors (Lipinski definition) is 11. The lowest BCUT2D eigenvalue weighted by Crippen LogP contribution is -2.40. The summed E-state index contributed by atoms with van der Waals surface area (Å²) in [7, 11) is -5.62. The predicted octanol–water partition coefficient (Wildman–Crippen LogP) is 7.97. The van der Waals surface area contributed by atoms with Crippen LogP contribution in [0.1, 0.15) is 48.1 Å². The maximum absolute atomic E-state index is 12.9. The molecule has 350 valence electrons. The van der Waals surface area contributed by atoms with Gasteiger partial charge in [0.1, 0.15) is 19.3 Å². The van der Waals surface area contributed by atoms with Gasteiger partial charge in [0.15, 0.2) is 23.1 Å². The molecule has 3 unspecified atom stereocenters. The first-order valence-electron chi connectivity index (χ1n) is 19.9. The van der Waals surface area contributed by atoms with Crippen LogP contribution in [-0.2, 0) is 40.5 Å². The van der Waals surface area contributed by atoms with E-state index >= 15 is 0 Å². The quantitative estimate of drug-likeness (QED) is 0.0775. The van der Waals surface area contributed by atoms with Crippen molar-refractivity contribution in [2.24, 2.45) is 0 Å². The molecular formula is C44H47Cl6N5O8S2. The Morgan fingerprint density at radius 1 is 0.800 bits per heavy atom. The summed E-state index contributed by atoms with van der Waals surface area (Å²) >= 11 is 39.6. The Kier molecular flexibility index (Phi) is 17.4. The third kappa shape index (κ3) is 12.9. The van der Waals surface area contributed by atoms with Crippen LogP contribution in [0, 0.1) is 11.3 Å². The molecule has 1 heterocycles. The minimum absolute atomic E-state index is 0.00107. The smallest absolute Gasteiger partial charge is 0.209 e. The van der Waals surface area contributed by atoms with Crippen LogP contribution in [-0.4, -0.2) is 105 Å². The number of rotatable bonds is 21. The van der Waals surface area contributed by atoms with E-state index in [0.29, 0.717) is 28.1 Å². The number of sulfonamides is 2. The number of ketones is 2. The molecule has 21 heteroatoms. The van der Waals surface area contributed by atoms with E-state index in [2.05, 4.69) is 15.5 Å². The molecule has 0 saturated carbocycles. The monoisotopic (exact) mass is 1050 g/mol. The lowest BCUT2D eigenvalue weighted by molar-refractivity contribution is -0.118. The summed E-state index contributed by atoms with van der Waals surface area (Å²) in [5, 5.41) is 11.5. The van der Waals surface area contributed by atoms with Crippen molar-refractivity contribution >= 4 is 113 Å². The Balaban J connectivity index is 1.70. The number of alkyl halides is 2. The largest absolute Gasteiger partial charge is 0.489 e.